The molecule has 0 aliphatic rings. The van der Waals surface area contributed by atoms with Crippen molar-refractivity contribution >= 4 is 11.9 Å². The number of aryl methyl sites for hydroxylation is 1. The summed E-state index contributed by atoms with van der Waals surface area (Å²) in [7, 11) is 0. The van der Waals surface area contributed by atoms with Crippen molar-refractivity contribution in [3.8, 4) is 0 Å². The topological polar surface area (TPSA) is 102 Å². The number of nitrogens with two attached hydrogens (primary N) is 1. The molecule has 4 N–H and O–H groups in total. The lowest BCUT2D eigenvalue weighted by Gasteiger charge is -2.12. The van der Waals surface area contributed by atoms with Crippen molar-refractivity contribution in [2.75, 3.05) is 6.61 Å². The molecule has 1 rings (SSSR count). The van der Waals surface area contributed by atoms with Crippen LogP contribution in [-0.4, -0.2) is 29.7 Å². The van der Waals surface area contributed by atoms with Gasteiger partial charge in [-0.1, -0.05) is 30.3 Å². The molecular weight excluding hydrogens is 248 g/mol. The third-order valence-corrected chi connectivity index (χ3v) is 2.54. The van der Waals surface area contributed by atoms with Crippen molar-refractivity contribution in [2.24, 2.45) is 5.73 Å². The van der Waals surface area contributed by atoms with E-state index in [9.17, 15) is 9.59 Å². The smallest absolute Gasteiger partial charge is 0.326 e. The van der Waals surface area contributed by atoms with Crippen LogP contribution in [0, 0.1) is 0 Å². The maximum atomic E-state index is 11.5. The Bertz CT molecular complexity index is 408. The summed E-state index contributed by atoms with van der Waals surface area (Å²) >= 11 is 0. The van der Waals surface area contributed by atoms with Crippen LogP contribution >= 0.6 is 0 Å². The van der Waals surface area contributed by atoms with E-state index in [1.54, 1.807) is 5.48 Å². The normalized spacial score (nSPS) is 11.8. The fourth-order valence-electron chi connectivity index (χ4n) is 1.58. The number of hydrogen-bond donors (Lipinski definition) is 3. The molecule has 19 heavy (non-hydrogen) atoms. The van der Waals surface area contributed by atoms with Gasteiger partial charge in [0.05, 0.1) is 13.0 Å². The van der Waals surface area contributed by atoms with Crippen molar-refractivity contribution < 1.29 is 19.5 Å². The van der Waals surface area contributed by atoms with Crippen molar-refractivity contribution in [1.29, 1.82) is 0 Å². The van der Waals surface area contributed by atoms with Crippen LogP contribution in [0.4, 0.5) is 0 Å². The van der Waals surface area contributed by atoms with Crippen LogP contribution in [0.5, 0.6) is 0 Å². The molecule has 0 unspecified atom stereocenters. The highest BCUT2D eigenvalue weighted by molar-refractivity contribution is 5.84. The summed E-state index contributed by atoms with van der Waals surface area (Å²) in [4.78, 5) is 22.1. The van der Waals surface area contributed by atoms with E-state index in [-0.39, 0.29) is 13.0 Å². The zero-order valence-corrected chi connectivity index (χ0v) is 10.5. The van der Waals surface area contributed by atoms with E-state index in [0.29, 0.717) is 6.42 Å². The zero-order valence-electron chi connectivity index (χ0n) is 10.5. The van der Waals surface area contributed by atoms with Gasteiger partial charge in [-0.15, -0.1) is 0 Å². The summed E-state index contributed by atoms with van der Waals surface area (Å²) in [6.45, 7) is 0.227. The highest BCUT2D eigenvalue weighted by Gasteiger charge is 2.21. The Kier molecular flexibility index (Phi) is 6.56. The summed E-state index contributed by atoms with van der Waals surface area (Å²) in [5.41, 5.74) is 7.82. The Morgan fingerprint density at radius 1 is 1.32 bits per heavy atom. The molecule has 0 bridgehead atoms. The molecular formula is C13H18N2O4. The lowest BCUT2D eigenvalue weighted by Crippen LogP contribution is -2.39. The van der Waals surface area contributed by atoms with Gasteiger partial charge in [-0.05, 0) is 18.4 Å². The number of hydrogen-bond acceptors (Lipinski definition) is 5. The van der Waals surface area contributed by atoms with Crippen molar-refractivity contribution in [2.45, 2.75) is 25.3 Å². The predicted molar refractivity (Wildman–Crippen MR) is 68.2 cm³/mol. The van der Waals surface area contributed by atoms with Gasteiger partial charge in [-0.25, -0.2) is 0 Å². The minimum Gasteiger partial charge on any atom is -0.464 e. The molecule has 0 saturated carbocycles. The van der Waals surface area contributed by atoms with Crippen molar-refractivity contribution in [3.05, 3.63) is 35.9 Å². The first-order chi connectivity index (χ1) is 9.13. The lowest BCUT2D eigenvalue weighted by molar-refractivity contribution is -0.150. The van der Waals surface area contributed by atoms with Crippen LogP contribution in [-0.2, 0) is 20.7 Å². The molecule has 0 spiro atoms. The van der Waals surface area contributed by atoms with Crippen molar-refractivity contribution in [3.63, 3.8) is 0 Å². The minimum absolute atomic E-state index is 0.227. The highest BCUT2D eigenvalue weighted by atomic mass is 16.5. The van der Waals surface area contributed by atoms with Crippen LogP contribution < -0.4 is 11.2 Å². The Morgan fingerprint density at radius 3 is 2.58 bits per heavy atom. The second-order valence-electron chi connectivity index (χ2n) is 4.11. The molecule has 0 saturated heterocycles. The first-order valence-electron chi connectivity index (χ1n) is 6.02. The van der Waals surface area contributed by atoms with Crippen LogP contribution in [0.3, 0.4) is 0 Å². The fraction of sp³-hybridized carbons (Fsp3) is 0.385. The number of esters is 1. The van der Waals surface area contributed by atoms with Crippen LogP contribution in [0.1, 0.15) is 18.4 Å². The molecule has 0 radical (unpaired) electrons. The molecule has 0 heterocycles. The predicted octanol–water partition coefficient (Wildman–Crippen LogP) is 0.385. The number of benzene rings is 1. The number of ether oxygens (including phenoxy) is 1. The summed E-state index contributed by atoms with van der Waals surface area (Å²) in [6.07, 6.45) is 1.17. The second kappa shape index (κ2) is 8.23. The van der Waals surface area contributed by atoms with E-state index >= 15 is 0 Å². The van der Waals surface area contributed by atoms with Crippen LogP contribution in [0.15, 0.2) is 30.3 Å². The first-order valence-corrected chi connectivity index (χ1v) is 6.02. The summed E-state index contributed by atoms with van der Waals surface area (Å²) in [6, 6.07) is 8.71. The van der Waals surface area contributed by atoms with E-state index in [1.165, 1.54) is 0 Å². The maximum Gasteiger partial charge on any atom is 0.326 e. The number of hydroxylamine groups is 1. The van der Waals surface area contributed by atoms with E-state index in [0.717, 1.165) is 12.0 Å². The SMILES string of the molecule is NC(=O)C[C@H](NO)C(=O)OCCCc1ccccc1. The van der Waals surface area contributed by atoms with Gasteiger partial charge in [-0.3, -0.25) is 9.59 Å². The standard InChI is InChI=1S/C13H18N2O4/c14-12(16)9-11(15-18)13(17)19-8-4-7-10-5-2-1-3-6-10/h1-3,5-6,11,15,18H,4,7-9H2,(H2,14,16)/t11-/m0/s1. The lowest BCUT2D eigenvalue weighted by atomic mass is 10.1. The average molecular weight is 266 g/mol. The molecule has 104 valence electrons. The molecule has 1 aromatic rings. The number of primary amides is 1. The monoisotopic (exact) mass is 266 g/mol. The van der Waals surface area contributed by atoms with Crippen LogP contribution in [0.25, 0.3) is 0 Å². The minimum atomic E-state index is -1.10. The third kappa shape index (κ3) is 5.98. The van der Waals surface area contributed by atoms with Gasteiger partial charge in [0.25, 0.3) is 0 Å². The molecule has 0 fully saturated rings. The first kappa shape index (κ1) is 15.1. The highest BCUT2D eigenvalue weighted by Crippen LogP contribution is 2.03. The Morgan fingerprint density at radius 2 is 2.00 bits per heavy atom. The molecule has 6 heteroatoms. The van der Waals surface area contributed by atoms with E-state index in [4.69, 9.17) is 15.7 Å². The van der Waals surface area contributed by atoms with Gasteiger partial charge in [-0.2, -0.15) is 5.48 Å². The fourth-order valence-corrected chi connectivity index (χ4v) is 1.58. The Labute approximate surface area is 111 Å². The number of carbonyl (C=O) groups is 2. The number of nitrogens with one attached hydrogen (secondary N) is 1. The summed E-state index contributed by atoms with van der Waals surface area (Å²) in [5, 5.41) is 8.72. The third-order valence-electron chi connectivity index (χ3n) is 2.54. The van der Waals surface area contributed by atoms with Gasteiger partial charge in [0.15, 0.2) is 0 Å². The largest absolute Gasteiger partial charge is 0.464 e. The van der Waals surface area contributed by atoms with E-state index in [1.807, 2.05) is 30.3 Å². The zero-order chi connectivity index (χ0) is 14.1. The number of carbonyl (C=O) groups excluding carboxylic acids is 2. The van der Waals surface area contributed by atoms with Gasteiger partial charge in [0, 0.05) is 0 Å². The van der Waals surface area contributed by atoms with Crippen LogP contribution in [0.2, 0.25) is 0 Å². The molecule has 1 atom stereocenters. The van der Waals surface area contributed by atoms with Gasteiger partial charge in [0.2, 0.25) is 5.91 Å². The second-order valence-corrected chi connectivity index (χ2v) is 4.11. The molecule has 0 aliphatic heterocycles. The molecule has 1 amide bonds. The van der Waals surface area contributed by atoms with Crippen molar-refractivity contribution in [1.82, 2.24) is 5.48 Å². The summed E-state index contributed by atoms with van der Waals surface area (Å²) < 4.78 is 4.95. The number of amides is 1. The van der Waals surface area contributed by atoms with Gasteiger partial charge < -0.3 is 15.7 Å². The Hall–Kier alpha value is -1.92. The number of rotatable bonds is 8. The van der Waals surface area contributed by atoms with E-state index < -0.39 is 17.9 Å². The molecule has 6 nitrogen and oxygen atoms in total. The van der Waals surface area contributed by atoms with Gasteiger partial charge in [0.1, 0.15) is 6.04 Å². The quantitative estimate of drug-likeness (QED) is 0.359. The summed E-state index contributed by atoms with van der Waals surface area (Å²) in [5.74, 6) is -1.37. The molecule has 1 aromatic carbocycles. The Balaban J connectivity index is 2.24. The molecule has 0 aromatic heterocycles. The van der Waals surface area contributed by atoms with Gasteiger partial charge >= 0.3 is 5.97 Å². The average Bonchev–Trinajstić information content (AvgIpc) is 2.41. The molecule has 0 aliphatic carbocycles. The van der Waals surface area contributed by atoms with E-state index in [2.05, 4.69) is 0 Å². The maximum absolute atomic E-state index is 11.5.